The second kappa shape index (κ2) is 7.27. The summed E-state index contributed by atoms with van der Waals surface area (Å²) in [5.74, 6) is 7.02. The van der Waals surface area contributed by atoms with Crippen LogP contribution in [-0.4, -0.2) is 18.3 Å². The summed E-state index contributed by atoms with van der Waals surface area (Å²) in [6.45, 7) is 2.11. The average Bonchev–Trinajstić information content (AvgIpc) is 2.70. The number of pyridine rings is 1. The Morgan fingerprint density at radius 1 is 0.889 bits per heavy atom. The minimum atomic E-state index is -2.06. The Morgan fingerprint density at radius 2 is 1.52 bits per heavy atom. The number of aromatic nitrogens is 1. The third-order valence-electron chi connectivity index (χ3n) is 5.21. The normalized spacial score (nSPS) is 20.0. The zero-order valence-corrected chi connectivity index (χ0v) is 18.7. The number of benzene rings is 2. The number of fused-ring (bicyclic) bond motifs is 1. The van der Waals surface area contributed by atoms with Crippen LogP contribution >= 0.6 is 0 Å². The number of rotatable bonds is 3. The summed E-state index contributed by atoms with van der Waals surface area (Å²) in [6, 6.07) is 15.7. The van der Waals surface area contributed by atoms with Crippen LogP contribution < -0.4 is 4.40 Å². The SMILES string of the molecule is [2H]C1([2H])CCC([2H])([2H])c2c(-c3cc(C)[c]([Ge]([CH3])([CH3])[CH3])cn3)ccc(-c3ccccc3)c21. The third-order valence-corrected chi connectivity index (χ3v) is 9.70. The Balaban J connectivity index is 2.01. The molecule has 3 aromatic rings. The molecule has 0 aliphatic heterocycles. The molecule has 0 atom stereocenters. The van der Waals surface area contributed by atoms with E-state index in [-0.39, 0.29) is 12.8 Å². The quantitative estimate of drug-likeness (QED) is 0.464. The molecule has 0 radical (unpaired) electrons. The van der Waals surface area contributed by atoms with Crippen molar-refractivity contribution < 1.29 is 5.48 Å². The predicted octanol–water partition coefficient (Wildman–Crippen LogP) is 6.15. The second-order valence-electron chi connectivity index (χ2n) is 8.26. The summed E-state index contributed by atoms with van der Waals surface area (Å²) in [5, 5.41) is 0. The van der Waals surface area contributed by atoms with Crippen LogP contribution in [0.15, 0.2) is 54.7 Å². The molecule has 0 spiro atoms. The summed E-state index contributed by atoms with van der Waals surface area (Å²) < 4.78 is 36.5. The molecule has 1 heterocycles. The van der Waals surface area contributed by atoms with Crippen molar-refractivity contribution in [2.24, 2.45) is 0 Å². The minimum absolute atomic E-state index is 0.159. The standard InChI is InChI=1S/C25H29GeN/c1-18-16-25(27-17-24(18)26(2,3)4)23-15-14-20(19-10-6-5-7-11-19)21-12-8-9-13-22(21)23/h5-7,10-11,14-17H,8-9,12-13H2,1-4H3/i12D2,13D2. The molecule has 27 heavy (non-hydrogen) atoms. The zero-order valence-electron chi connectivity index (χ0n) is 20.6. The fourth-order valence-electron chi connectivity index (χ4n) is 3.91. The molecule has 4 rings (SSSR count). The first-order valence-corrected chi connectivity index (χ1v) is 17.0. The van der Waals surface area contributed by atoms with Gasteiger partial charge in [-0.25, -0.2) is 0 Å². The predicted molar refractivity (Wildman–Crippen MR) is 119 cm³/mol. The molecule has 0 N–H and O–H groups in total. The van der Waals surface area contributed by atoms with E-state index in [0.717, 1.165) is 16.8 Å². The van der Waals surface area contributed by atoms with Gasteiger partial charge >= 0.3 is 172 Å². The van der Waals surface area contributed by atoms with Crippen LogP contribution in [0, 0.1) is 6.92 Å². The molecule has 2 heteroatoms. The maximum atomic E-state index is 8.81. The van der Waals surface area contributed by atoms with E-state index in [2.05, 4.69) is 30.3 Å². The van der Waals surface area contributed by atoms with Crippen LogP contribution in [0.4, 0.5) is 0 Å². The van der Waals surface area contributed by atoms with Gasteiger partial charge in [0, 0.05) is 0 Å². The van der Waals surface area contributed by atoms with E-state index in [0.29, 0.717) is 16.7 Å². The molecule has 1 nitrogen and oxygen atoms in total. The van der Waals surface area contributed by atoms with Crippen molar-refractivity contribution in [2.75, 3.05) is 0 Å². The Hall–Kier alpha value is -1.87. The molecule has 2 aromatic carbocycles. The van der Waals surface area contributed by atoms with Crippen molar-refractivity contribution in [1.29, 1.82) is 0 Å². The van der Waals surface area contributed by atoms with Gasteiger partial charge in [-0.3, -0.25) is 0 Å². The van der Waals surface area contributed by atoms with E-state index in [1.54, 1.807) is 0 Å². The summed E-state index contributed by atoms with van der Waals surface area (Å²) in [5.41, 5.74) is 5.24. The fraction of sp³-hybridized carbons (Fsp3) is 0.320. The average molecular weight is 420 g/mol. The summed E-state index contributed by atoms with van der Waals surface area (Å²) in [7, 11) is 0. The molecule has 138 valence electrons. The van der Waals surface area contributed by atoms with Crippen LogP contribution in [0.5, 0.6) is 0 Å². The van der Waals surface area contributed by atoms with Crippen LogP contribution in [0.1, 0.15) is 35.0 Å². The van der Waals surface area contributed by atoms with Gasteiger partial charge in [0.05, 0.1) is 0 Å². The molecular weight excluding hydrogens is 387 g/mol. The summed E-state index contributed by atoms with van der Waals surface area (Å²) >= 11 is -2.06. The van der Waals surface area contributed by atoms with E-state index in [9.17, 15) is 0 Å². The van der Waals surface area contributed by atoms with Gasteiger partial charge in [0.1, 0.15) is 0 Å². The molecule has 1 aliphatic rings. The number of hydrogen-bond acceptors (Lipinski definition) is 1. The van der Waals surface area contributed by atoms with Gasteiger partial charge in [0.25, 0.3) is 0 Å². The zero-order chi connectivity index (χ0) is 22.6. The molecule has 0 fully saturated rings. The Labute approximate surface area is 171 Å². The van der Waals surface area contributed by atoms with Crippen LogP contribution in [0.3, 0.4) is 0 Å². The van der Waals surface area contributed by atoms with E-state index < -0.39 is 26.0 Å². The van der Waals surface area contributed by atoms with Gasteiger partial charge in [-0.15, -0.1) is 0 Å². The van der Waals surface area contributed by atoms with Crippen LogP contribution in [0.25, 0.3) is 22.4 Å². The summed E-state index contributed by atoms with van der Waals surface area (Å²) in [4.78, 5) is 4.76. The molecule has 1 aromatic heterocycles. The molecule has 0 bridgehead atoms. The van der Waals surface area contributed by atoms with Gasteiger partial charge in [0.15, 0.2) is 0 Å². The van der Waals surface area contributed by atoms with Gasteiger partial charge < -0.3 is 0 Å². The molecule has 1 aliphatic carbocycles. The van der Waals surface area contributed by atoms with Crippen LogP contribution in [-0.2, 0) is 12.7 Å². The Morgan fingerprint density at radius 3 is 2.15 bits per heavy atom. The van der Waals surface area contributed by atoms with Crippen molar-refractivity contribution in [2.45, 2.75) is 49.8 Å². The van der Waals surface area contributed by atoms with E-state index >= 15 is 0 Å². The fourth-order valence-corrected chi connectivity index (χ4v) is 7.49. The second-order valence-corrected chi connectivity index (χ2v) is 18.8. The van der Waals surface area contributed by atoms with E-state index in [1.165, 1.54) is 9.96 Å². The van der Waals surface area contributed by atoms with Gasteiger partial charge in [0.2, 0.25) is 0 Å². The number of hydrogen-bond donors (Lipinski definition) is 0. The topological polar surface area (TPSA) is 12.9 Å². The third kappa shape index (κ3) is 3.62. The van der Waals surface area contributed by atoms with Gasteiger partial charge in [-0.05, 0) is 0 Å². The first kappa shape index (κ1) is 14.2. The van der Waals surface area contributed by atoms with Gasteiger partial charge in [-0.2, -0.15) is 0 Å². The monoisotopic (exact) mass is 421 g/mol. The molecule has 0 amide bonds. The van der Waals surface area contributed by atoms with Crippen molar-refractivity contribution in [3.05, 3.63) is 71.4 Å². The van der Waals surface area contributed by atoms with Gasteiger partial charge in [-0.1, -0.05) is 0 Å². The van der Waals surface area contributed by atoms with Crippen molar-refractivity contribution in [3.8, 4) is 22.4 Å². The van der Waals surface area contributed by atoms with Crippen molar-refractivity contribution >= 4 is 17.7 Å². The maximum absolute atomic E-state index is 8.81. The van der Waals surface area contributed by atoms with E-state index in [4.69, 9.17) is 10.5 Å². The van der Waals surface area contributed by atoms with Crippen molar-refractivity contribution in [1.82, 2.24) is 4.98 Å². The summed E-state index contributed by atoms with van der Waals surface area (Å²) in [6.07, 6.45) is -0.921. The molecule has 0 saturated heterocycles. The molecule has 0 unspecified atom stereocenters. The first-order chi connectivity index (χ1) is 14.4. The Kier molecular flexibility index (Phi) is 3.82. The number of aryl methyl sites for hydroxylation is 1. The number of nitrogens with zero attached hydrogens (tertiary/aromatic N) is 1. The molecule has 0 saturated carbocycles. The molecular formula is C25H29GeN. The van der Waals surface area contributed by atoms with E-state index in [1.807, 2.05) is 48.7 Å². The van der Waals surface area contributed by atoms with Crippen molar-refractivity contribution in [3.63, 3.8) is 0 Å². The first-order valence-electron chi connectivity index (χ1n) is 11.6. The Bertz CT molecular complexity index is 1130. The van der Waals surface area contributed by atoms with Crippen LogP contribution in [0.2, 0.25) is 17.3 Å².